The van der Waals surface area contributed by atoms with Crippen molar-refractivity contribution in [2.75, 3.05) is 0 Å². The third kappa shape index (κ3) is 3.05. The lowest BCUT2D eigenvalue weighted by molar-refractivity contribution is 0.111. The van der Waals surface area contributed by atoms with Crippen LogP contribution in [-0.4, -0.2) is 11.3 Å². The Kier molecular flexibility index (Phi) is 3.89. The molecule has 0 aliphatic carbocycles. The summed E-state index contributed by atoms with van der Waals surface area (Å²) in [7, 11) is 0. The molecule has 1 heterocycles. The van der Waals surface area contributed by atoms with Crippen LogP contribution in [0.3, 0.4) is 0 Å². The van der Waals surface area contributed by atoms with Gasteiger partial charge < -0.3 is 4.74 Å². The molecule has 0 radical (unpaired) electrons. The van der Waals surface area contributed by atoms with Gasteiger partial charge in [0.05, 0.1) is 6.20 Å². The zero-order valence-electron chi connectivity index (χ0n) is 9.27. The molecule has 0 bridgehead atoms. The van der Waals surface area contributed by atoms with Gasteiger partial charge in [-0.05, 0) is 24.3 Å². The van der Waals surface area contributed by atoms with Crippen molar-refractivity contribution in [1.82, 2.24) is 4.98 Å². The van der Waals surface area contributed by atoms with E-state index in [1.807, 2.05) is 0 Å². The number of nitrogens with zero attached hydrogens (tertiary/aromatic N) is 1. The van der Waals surface area contributed by atoms with Gasteiger partial charge in [0.25, 0.3) is 0 Å². The molecule has 92 valence electrons. The van der Waals surface area contributed by atoms with Crippen LogP contribution < -0.4 is 4.74 Å². The summed E-state index contributed by atoms with van der Waals surface area (Å²) >= 11 is 5.64. The van der Waals surface area contributed by atoms with Crippen LogP contribution in [0.15, 0.2) is 36.5 Å². The average molecular weight is 266 g/mol. The number of hydrogen-bond donors (Lipinski definition) is 0. The first-order valence-corrected chi connectivity index (χ1v) is 5.55. The number of benzene rings is 1. The standard InChI is InChI=1S/C13H9ClFNO2/c14-10-2-1-9(13(15)5-10)8-18-12-4-3-11(7-17)16-6-12/h1-7H,8H2. The van der Waals surface area contributed by atoms with Gasteiger partial charge in [0.2, 0.25) is 0 Å². The maximum atomic E-state index is 13.4. The first kappa shape index (κ1) is 12.5. The lowest BCUT2D eigenvalue weighted by atomic mass is 10.2. The number of halogens is 2. The van der Waals surface area contributed by atoms with Crippen molar-refractivity contribution in [3.63, 3.8) is 0 Å². The molecular weight excluding hydrogens is 257 g/mol. The van der Waals surface area contributed by atoms with Crippen molar-refractivity contribution in [3.05, 3.63) is 58.6 Å². The van der Waals surface area contributed by atoms with Crippen LogP contribution in [0.5, 0.6) is 5.75 Å². The van der Waals surface area contributed by atoms with Crippen LogP contribution in [-0.2, 0) is 6.61 Å². The minimum absolute atomic E-state index is 0.0745. The normalized spacial score (nSPS) is 10.1. The first-order valence-electron chi connectivity index (χ1n) is 5.17. The van der Waals surface area contributed by atoms with Crippen LogP contribution in [0, 0.1) is 5.82 Å². The molecule has 1 aromatic heterocycles. The number of carbonyl (C=O) groups is 1. The molecule has 3 nitrogen and oxygen atoms in total. The van der Waals surface area contributed by atoms with E-state index in [2.05, 4.69) is 4.98 Å². The molecule has 2 aromatic rings. The highest BCUT2D eigenvalue weighted by Gasteiger charge is 2.04. The molecule has 2 rings (SSSR count). The summed E-state index contributed by atoms with van der Waals surface area (Å²) in [5.74, 6) is 0.0509. The van der Waals surface area contributed by atoms with E-state index in [1.54, 1.807) is 18.2 Å². The van der Waals surface area contributed by atoms with Crippen LogP contribution in [0.1, 0.15) is 16.1 Å². The number of carbonyl (C=O) groups excluding carboxylic acids is 1. The molecule has 0 spiro atoms. The molecule has 1 aromatic carbocycles. The Morgan fingerprint density at radius 2 is 2.17 bits per heavy atom. The smallest absolute Gasteiger partial charge is 0.168 e. The Hall–Kier alpha value is -1.94. The second-order valence-corrected chi connectivity index (χ2v) is 4.00. The fourth-order valence-electron chi connectivity index (χ4n) is 1.35. The fourth-order valence-corrected chi connectivity index (χ4v) is 1.51. The highest BCUT2D eigenvalue weighted by molar-refractivity contribution is 6.30. The summed E-state index contributed by atoms with van der Waals surface area (Å²) < 4.78 is 18.8. The van der Waals surface area contributed by atoms with Gasteiger partial charge in [-0.2, -0.15) is 0 Å². The van der Waals surface area contributed by atoms with Crippen LogP contribution >= 0.6 is 11.6 Å². The summed E-state index contributed by atoms with van der Waals surface area (Å²) in [6.07, 6.45) is 2.06. The summed E-state index contributed by atoms with van der Waals surface area (Å²) in [5, 5.41) is 0.341. The topological polar surface area (TPSA) is 39.2 Å². The predicted octanol–water partition coefficient (Wildman–Crippen LogP) is 3.27. The second kappa shape index (κ2) is 5.60. The molecule has 0 saturated heterocycles. The molecular formula is C13H9ClFNO2. The van der Waals surface area contributed by atoms with Gasteiger partial charge in [0.15, 0.2) is 6.29 Å². The quantitative estimate of drug-likeness (QED) is 0.797. The highest BCUT2D eigenvalue weighted by atomic mass is 35.5. The van der Waals surface area contributed by atoms with E-state index in [1.165, 1.54) is 18.3 Å². The second-order valence-electron chi connectivity index (χ2n) is 3.56. The fraction of sp³-hybridized carbons (Fsp3) is 0.0769. The largest absolute Gasteiger partial charge is 0.487 e. The Labute approximate surface area is 108 Å². The molecule has 0 amide bonds. The Balaban J connectivity index is 2.04. The van der Waals surface area contributed by atoms with E-state index in [0.717, 1.165) is 0 Å². The van der Waals surface area contributed by atoms with E-state index in [4.69, 9.17) is 16.3 Å². The lowest BCUT2D eigenvalue weighted by Gasteiger charge is -2.07. The van der Waals surface area contributed by atoms with Gasteiger partial charge in [0.1, 0.15) is 23.9 Å². The van der Waals surface area contributed by atoms with Gasteiger partial charge in [-0.25, -0.2) is 9.37 Å². The third-order valence-electron chi connectivity index (χ3n) is 2.29. The lowest BCUT2D eigenvalue weighted by Crippen LogP contribution is -1.99. The van der Waals surface area contributed by atoms with Crippen molar-refractivity contribution in [2.24, 2.45) is 0 Å². The van der Waals surface area contributed by atoms with Gasteiger partial charge in [-0.15, -0.1) is 0 Å². The van der Waals surface area contributed by atoms with Crippen molar-refractivity contribution in [2.45, 2.75) is 6.61 Å². The molecule has 5 heteroatoms. The van der Waals surface area contributed by atoms with Crippen molar-refractivity contribution < 1.29 is 13.9 Å². The SMILES string of the molecule is O=Cc1ccc(OCc2ccc(Cl)cc2F)cn1. The maximum absolute atomic E-state index is 13.4. The third-order valence-corrected chi connectivity index (χ3v) is 2.52. The van der Waals surface area contributed by atoms with Gasteiger partial charge in [-0.1, -0.05) is 17.7 Å². The zero-order chi connectivity index (χ0) is 13.0. The van der Waals surface area contributed by atoms with Crippen molar-refractivity contribution in [3.8, 4) is 5.75 Å². The number of ether oxygens (including phenoxy) is 1. The molecule has 0 unspecified atom stereocenters. The molecule has 0 saturated carbocycles. The molecule has 0 aliphatic rings. The first-order chi connectivity index (χ1) is 8.69. The number of pyridine rings is 1. The molecule has 0 N–H and O–H groups in total. The monoisotopic (exact) mass is 265 g/mol. The van der Waals surface area contributed by atoms with Gasteiger partial charge >= 0.3 is 0 Å². The minimum Gasteiger partial charge on any atom is -0.487 e. The summed E-state index contributed by atoms with van der Waals surface area (Å²) in [4.78, 5) is 14.2. The molecule has 0 atom stereocenters. The number of aromatic nitrogens is 1. The summed E-state index contributed by atoms with van der Waals surface area (Å²) in [5.41, 5.74) is 0.721. The van der Waals surface area contributed by atoms with Crippen molar-refractivity contribution in [1.29, 1.82) is 0 Å². The van der Waals surface area contributed by atoms with E-state index >= 15 is 0 Å². The number of aldehydes is 1. The predicted molar refractivity (Wildman–Crippen MR) is 65.4 cm³/mol. The summed E-state index contributed by atoms with van der Waals surface area (Å²) in [6.45, 7) is 0.0745. The van der Waals surface area contributed by atoms with E-state index < -0.39 is 5.82 Å². The zero-order valence-corrected chi connectivity index (χ0v) is 10.0. The minimum atomic E-state index is -0.417. The van der Waals surface area contributed by atoms with E-state index in [9.17, 15) is 9.18 Å². The highest BCUT2D eigenvalue weighted by Crippen LogP contribution is 2.17. The number of rotatable bonds is 4. The Morgan fingerprint density at radius 1 is 1.33 bits per heavy atom. The van der Waals surface area contributed by atoms with Crippen LogP contribution in [0.2, 0.25) is 5.02 Å². The van der Waals surface area contributed by atoms with Gasteiger partial charge in [-0.3, -0.25) is 4.79 Å². The van der Waals surface area contributed by atoms with E-state index in [-0.39, 0.29) is 6.61 Å². The van der Waals surface area contributed by atoms with Crippen molar-refractivity contribution >= 4 is 17.9 Å². The molecule has 0 aliphatic heterocycles. The van der Waals surface area contributed by atoms with Crippen LogP contribution in [0.25, 0.3) is 0 Å². The summed E-state index contributed by atoms with van der Waals surface area (Å²) in [6, 6.07) is 7.51. The Morgan fingerprint density at radius 3 is 2.78 bits per heavy atom. The molecule has 0 fully saturated rings. The number of hydrogen-bond acceptors (Lipinski definition) is 3. The molecule has 18 heavy (non-hydrogen) atoms. The van der Waals surface area contributed by atoms with E-state index in [0.29, 0.717) is 28.3 Å². The average Bonchev–Trinajstić information content (AvgIpc) is 2.38. The van der Waals surface area contributed by atoms with Crippen LogP contribution in [0.4, 0.5) is 4.39 Å². The van der Waals surface area contributed by atoms with Gasteiger partial charge in [0, 0.05) is 10.6 Å². The Bertz CT molecular complexity index is 557. The maximum Gasteiger partial charge on any atom is 0.168 e.